The van der Waals surface area contributed by atoms with Gasteiger partial charge in [0.25, 0.3) is 0 Å². The van der Waals surface area contributed by atoms with Crippen LogP contribution in [0.4, 0.5) is 5.69 Å². The van der Waals surface area contributed by atoms with Crippen molar-refractivity contribution in [2.24, 2.45) is 4.99 Å². The zero-order valence-corrected chi connectivity index (χ0v) is 12.0. The normalized spacial score (nSPS) is 10.9. The summed E-state index contributed by atoms with van der Waals surface area (Å²) in [5.41, 5.74) is 2.70. The lowest BCUT2D eigenvalue weighted by Crippen LogP contribution is -2.19. The lowest BCUT2D eigenvalue weighted by atomic mass is 10.2. The van der Waals surface area contributed by atoms with Crippen LogP contribution in [0, 0.1) is 11.3 Å². The molecule has 0 unspecified atom stereocenters. The minimum atomic E-state index is 0.645. The molecule has 0 fully saturated rings. The molecule has 1 N–H and O–H groups in total. The molecular formula is C16H15N3S. The minimum absolute atomic E-state index is 0.645. The van der Waals surface area contributed by atoms with Gasteiger partial charge in [-0.05, 0) is 36.1 Å². The van der Waals surface area contributed by atoms with Crippen LogP contribution in [-0.4, -0.2) is 11.4 Å². The van der Waals surface area contributed by atoms with Gasteiger partial charge in [0, 0.05) is 6.54 Å². The van der Waals surface area contributed by atoms with E-state index in [0.717, 1.165) is 17.4 Å². The molecule has 0 spiro atoms. The number of amidine groups is 1. The van der Waals surface area contributed by atoms with E-state index in [1.54, 1.807) is 23.9 Å². The van der Waals surface area contributed by atoms with Crippen LogP contribution in [0.1, 0.15) is 11.1 Å². The second-order valence-corrected chi connectivity index (χ2v) is 4.91. The fourth-order valence-corrected chi connectivity index (χ4v) is 2.07. The maximum atomic E-state index is 8.76. The largest absolute Gasteiger partial charge is 0.361 e. The zero-order chi connectivity index (χ0) is 14.2. The first-order chi connectivity index (χ1) is 9.81. The van der Waals surface area contributed by atoms with Crippen LogP contribution in [0.3, 0.4) is 0 Å². The summed E-state index contributed by atoms with van der Waals surface area (Å²) in [6, 6.07) is 19.5. The molecule has 0 aliphatic carbocycles. The highest BCUT2D eigenvalue weighted by molar-refractivity contribution is 8.13. The van der Waals surface area contributed by atoms with Gasteiger partial charge in [0.15, 0.2) is 5.17 Å². The molecule has 0 aliphatic rings. The van der Waals surface area contributed by atoms with E-state index in [0.29, 0.717) is 5.56 Å². The molecule has 0 radical (unpaired) electrons. The second kappa shape index (κ2) is 7.37. The van der Waals surface area contributed by atoms with Gasteiger partial charge in [-0.15, -0.1) is 0 Å². The van der Waals surface area contributed by atoms with E-state index in [4.69, 9.17) is 5.26 Å². The van der Waals surface area contributed by atoms with Crippen LogP contribution in [-0.2, 0) is 6.54 Å². The number of hydrogen-bond acceptors (Lipinski definition) is 3. The Hall–Kier alpha value is -2.25. The highest BCUT2D eigenvalue weighted by Gasteiger charge is 1.99. The Bertz CT molecular complexity index is 612. The standard InChI is InChI=1S/C16H15N3S/c1-20-16(18-12-14-5-3-2-4-6-14)19-15-9-7-13(11-17)8-10-15/h2-10H,12H2,1H3,(H,18,19). The molecular weight excluding hydrogens is 266 g/mol. The first kappa shape index (κ1) is 14.2. The van der Waals surface area contributed by atoms with Gasteiger partial charge in [0.1, 0.15) is 0 Å². The van der Waals surface area contributed by atoms with Gasteiger partial charge in [-0.25, -0.2) is 4.99 Å². The monoisotopic (exact) mass is 281 g/mol. The third kappa shape index (κ3) is 4.15. The average molecular weight is 281 g/mol. The minimum Gasteiger partial charge on any atom is -0.361 e. The van der Waals surface area contributed by atoms with E-state index in [1.165, 1.54) is 5.56 Å². The summed E-state index contributed by atoms with van der Waals surface area (Å²) in [6.45, 7) is 0.747. The van der Waals surface area contributed by atoms with Gasteiger partial charge in [-0.3, -0.25) is 0 Å². The van der Waals surface area contributed by atoms with Crippen molar-refractivity contribution < 1.29 is 0 Å². The highest BCUT2D eigenvalue weighted by atomic mass is 32.2. The molecule has 0 heterocycles. The number of nitriles is 1. The number of aliphatic imine (C=N–C) groups is 1. The molecule has 2 rings (SSSR count). The number of nitrogens with one attached hydrogen (secondary N) is 1. The summed E-state index contributed by atoms with van der Waals surface area (Å²) in [6.07, 6.45) is 1.99. The molecule has 100 valence electrons. The Morgan fingerprint density at radius 2 is 1.85 bits per heavy atom. The fourth-order valence-electron chi connectivity index (χ4n) is 1.66. The van der Waals surface area contributed by atoms with Gasteiger partial charge in [0.2, 0.25) is 0 Å². The van der Waals surface area contributed by atoms with Crippen molar-refractivity contribution >= 4 is 22.6 Å². The van der Waals surface area contributed by atoms with E-state index in [2.05, 4.69) is 28.5 Å². The summed E-state index contributed by atoms with van der Waals surface area (Å²) < 4.78 is 0. The van der Waals surface area contributed by atoms with Crippen LogP contribution >= 0.6 is 11.8 Å². The number of nitrogens with zero attached hydrogens (tertiary/aromatic N) is 2. The summed E-state index contributed by atoms with van der Waals surface area (Å²) in [5.74, 6) is 0. The predicted molar refractivity (Wildman–Crippen MR) is 85.0 cm³/mol. The SMILES string of the molecule is CS/C(=N\c1ccc(C#N)cc1)NCc1ccccc1. The van der Waals surface area contributed by atoms with Gasteiger partial charge in [-0.1, -0.05) is 42.1 Å². The number of rotatable bonds is 3. The van der Waals surface area contributed by atoms with Gasteiger partial charge >= 0.3 is 0 Å². The maximum absolute atomic E-state index is 8.76. The molecule has 0 aromatic heterocycles. The van der Waals surface area contributed by atoms with E-state index in [1.807, 2.05) is 36.6 Å². The third-order valence-corrected chi connectivity index (χ3v) is 3.33. The van der Waals surface area contributed by atoms with Crippen molar-refractivity contribution in [1.82, 2.24) is 5.32 Å². The Morgan fingerprint density at radius 1 is 1.15 bits per heavy atom. The summed E-state index contributed by atoms with van der Waals surface area (Å²) in [4.78, 5) is 4.53. The molecule has 0 aliphatic heterocycles. The van der Waals surface area contributed by atoms with Crippen molar-refractivity contribution in [3.63, 3.8) is 0 Å². The topological polar surface area (TPSA) is 48.2 Å². The highest BCUT2D eigenvalue weighted by Crippen LogP contribution is 2.14. The van der Waals surface area contributed by atoms with Crippen LogP contribution < -0.4 is 5.32 Å². The van der Waals surface area contributed by atoms with Crippen LogP contribution in [0.2, 0.25) is 0 Å². The van der Waals surface area contributed by atoms with E-state index in [9.17, 15) is 0 Å². The average Bonchev–Trinajstić information content (AvgIpc) is 2.53. The lowest BCUT2D eigenvalue weighted by Gasteiger charge is -2.07. The summed E-state index contributed by atoms with van der Waals surface area (Å²) in [5, 5.41) is 12.9. The molecule has 2 aromatic carbocycles. The van der Waals surface area contributed by atoms with E-state index >= 15 is 0 Å². The molecule has 0 atom stereocenters. The van der Waals surface area contributed by atoms with Gasteiger partial charge in [0.05, 0.1) is 17.3 Å². The first-order valence-corrected chi connectivity index (χ1v) is 7.45. The van der Waals surface area contributed by atoms with Crippen molar-refractivity contribution in [3.8, 4) is 6.07 Å². The Kier molecular flexibility index (Phi) is 5.22. The van der Waals surface area contributed by atoms with Crippen LogP contribution in [0.25, 0.3) is 0 Å². The molecule has 0 bridgehead atoms. The molecule has 3 nitrogen and oxygen atoms in total. The van der Waals surface area contributed by atoms with Crippen LogP contribution in [0.5, 0.6) is 0 Å². The smallest absolute Gasteiger partial charge is 0.161 e. The lowest BCUT2D eigenvalue weighted by molar-refractivity contribution is 0.928. The van der Waals surface area contributed by atoms with Crippen molar-refractivity contribution in [2.45, 2.75) is 6.54 Å². The number of thioether (sulfide) groups is 1. The van der Waals surface area contributed by atoms with Gasteiger partial charge < -0.3 is 5.32 Å². The second-order valence-electron chi connectivity index (χ2n) is 4.12. The Morgan fingerprint density at radius 3 is 2.45 bits per heavy atom. The molecule has 20 heavy (non-hydrogen) atoms. The van der Waals surface area contributed by atoms with Gasteiger partial charge in [-0.2, -0.15) is 5.26 Å². The zero-order valence-electron chi connectivity index (χ0n) is 11.2. The molecule has 0 amide bonds. The quantitative estimate of drug-likeness (QED) is 0.689. The van der Waals surface area contributed by atoms with E-state index in [-0.39, 0.29) is 0 Å². The maximum Gasteiger partial charge on any atom is 0.161 e. The number of hydrogen-bond donors (Lipinski definition) is 1. The predicted octanol–water partition coefficient (Wildman–Crippen LogP) is 3.70. The molecule has 0 saturated heterocycles. The fraction of sp³-hybridized carbons (Fsp3) is 0.125. The first-order valence-electron chi connectivity index (χ1n) is 6.22. The molecule has 4 heteroatoms. The number of benzene rings is 2. The molecule has 2 aromatic rings. The summed E-state index contributed by atoms with van der Waals surface area (Å²) in [7, 11) is 0. The third-order valence-electron chi connectivity index (χ3n) is 2.71. The van der Waals surface area contributed by atoms with Crippen molar-refractivity contribution in [3.05, 3.63) is 65.7 Å². The van der Waals surface area contributed by atoms with E-state index < -0.39 is 0 Å². The Labute approximate surface area is 123 Å². The Balaban J connectivity index is 2.03. The van der Waals surface area contributed by atoms with Crippen LogP contribution in [0.15, 0.2) is 59.6 Å². The summed E-state index contributed by atoms with van der Waals surface area (Å²) >= 11 is 1.57. The van der Waals surface area contributed by atoms with Crippen molar-refractivity contribution in [2.75, 3.05) is 6.26 Å². The van der Waals surface area contributed by atoms with Crippen molar-refractivity contribution in [1.29, 1.82) is 5.26 Å². The molecule has 0 saturated carbocycles.